The molecule has 4 rings (SSSR count). The van der Waals surface area contributed by atoms with E-state index in [0.717, 1.165) is 25.2 Å². The summed E-state index contributed by atoms with van der Waals surface area (Å²) in [7, 11) is 0. The van der Waals surface area contributed by atoms with Crippen molar-refractivity contribution in [2.75, 3.05) is 39.3 Å². The highest BCUT2D eigenvalue weighted by atomic mass is 35.5. The van der Waals surface area contributed by atoms with Crippen LogP contribution in [0.15, 0.2) is 55.1 Å². The van der Waals surface area contributed by atoms with Gasteiger partial charge in [0.05, 0.1) is 5.02 Å². The maximum atomic E-state index is 13.1. The zero-order chi connectivity index (χ0) is 22.0. The average Bonchev–Trinajstić information content (AvgIpc) is 3.05. The minimum absolute atomic E-state index is 0.0470. The number of fused-ring (bicyclic) bond motifs is 1. The lowest BCUT2D eigenvalue weighted by Gasteiger charge is -2.37. The molecule has 2 aromatic rings. The minimum Gasteiger partial charge on any atom is -0.491 e. The highest BCUT2D eigenvalue weighted by Crippen LogP contribution is 2.33. The number of hydrogen-bond acceptors (Lipinski definition) is 4. The van der Waals surface area contributed by atoms with Crippen molar-refractivity contribution < 1.29 is 14.3 Å². The molecule has 0 unspecified atom stereocenters. The van der Waals surface area contributed by atoms with Crippen LogP contribution in [-0.4, -0.2) is 71.9 Å². The van der Waals surface area contributed by atoms with Gasteiger partial charge < -0.3 is 9.64 Å². The van der Waals surface area contributed by atoms with E-state index in [1.165, 1.54) is 4.90 Å². The molecular formula is C24H26ClN3O3. The van der Waals surface area contributed by atoms with Crippen LogP contribution in [0.5, 0.6) is 5.75 Å². The fraction of sp³-hybridized carbons (Fsp3) is 0.333. The van der Waals surface area contributed by atoms with Gasteiger partial charge in [0, 0.05) is 49.5 Å². The Morgan fingerprint density at radius 2 is 1.71 bits per heavy atom. The molecule has 0 aromatic heterocycles. The second-order valence-corrected chi connectivity index (χ2v) is 8.20. The molecule has 0 saturated carbocycles. The zero-order valence-corrected chi connectivity index (χ0v) is 18.3. The van der Waals surface area contributed by atoms with Gasteiger partial charge in [-0.1, -0.05) is 48.5 Å². The summed E-state index contributed by atoms with van der Waals surface area (Å²) in [6.45, 7) is 9.90. The van der Waals surface area contributed by atoms with Gasteiger partial charge in [-0.05, 0) is 25.1 Å². The summed E-state index contributed by atoms with van der Waals surface area (Å²) < 4.78 is 5.77. The van der Waals surface area contributed by atoms with E-state index in [4.69, 9.17) is 16.3 Å². The maximum Gasteiger partial charge on any atom is 0.259 e. The van der Waals surface area contributed by atoms with E-state index in [0.29, 0.717) is 41.7 Å². The molecule has 1 fully saturated rings. The minimum atomic E-state index is -0.581. The Morgan fingerprint density at radius 1 is 1.06 bits per heavy atom. The monoisotopic (exact) mass is 439 g/mol. The van der Waals surface area contributed by atoms with Gasteiger partial charge in [0.25, 0.3) is 5.91 Å². The lowest BCUT2D eigenvalue weighted by Crippen LogP contribution is -2.54. The first-order chi connectivity index (χ1) is 15.0. The molecule has 2 aliphatic heterocycles. The van der Waals surface area contributed by atoms with Crippen LogP contribution in [0.1, 0.15) is 22.8 Å². The number of benzene rings is 2. The molecule has 31 heavy (non-hydrogen) atoms. The second kappa shape index (κ2) is 9.12. The van der Waals surface area contributed by atoms with Crippen LogP contribution >= 0.6 is 11.6 Å². The molecule has 2 aliphatic rings. The maximum absolute atomic E-state index is 13.1. The third-order valence-electron chi connectivity index (χ3n) is 5.91. The predicted molar refractivity (Wildman–Crippen MR) is 121 cm³/mol. The van der Waals surface area contributed by atoms with E-state index in [-0.39, 0.29) is 11.8 Å². The summed E-state index contributed by atoms with van der Waals surface area (Å²) in [6.07, 6.45) is 0. The summed E-state index contributed by atoms with van der Waals surface area (Å²) in [5.41, 5.74) is 2.00. The summed E-state index contributed by atoms with van der Waals surface area (Å²) in [6, 6.07) is 14.2. The normalized spacial score (nSPS) is 17.6. The van der Waals surface area contributed by atoms with E-state index in [9.17, 15) is 9.59 Å². The number of halogens is 1. The second-order valence-electron chi connectivity index (χ2n) is 7.79. The standard InChI is InChI=1S/C24H26ClN3O3/c1-17-19-7-3-4-8-20(19)24(30)28(17)18(2)23(29)27-13-11-26(12-14-27)15-16-31-22-10-6-5-9-21(22)25/h3-10,18H,1,11-16H2,2H3/t18-/m1/s1. The van der Waals surface area contributed by atoms with Gasteiger partial charge in [-0.2, -0.15) is 0 Å². The van der Waals surface area contributed by atoms with Crippen molar-refractivity contribution in [2.24, 2.45) is 0 Å². The van der Waals surface area contributed by atoms with Gasteiger partial charge in [0.2, 0.25) is 5.91 Å². The molecule has 0 N–H and O–H groups in total. The van der Waals surface area contributed by atoms with E-state index in [1.807, 2.05) is 41.3 Å². The van der Waals surface area contributed by atoms with Crippen LogP contribution in [0.2, 0.25) is 5.02 Å². The summed E-state index contributed by atoms with van der Waals surface area (Å²) >= 11 is 6.12. The molecular weight excluding hydrogens is 414 g/mol. The van der Waals surface area contributed by atoms with Crippen LogP contribution < -0.4 is 4.74 Å². The number of carbonyl (C=O) groups is 2. The first-order valence-corrected chi connectivity index (χ1v) is 10.9. The van der Waals surface area contributed by atoms with Crippen molar-refractivity contribution in [2.45, 2.75) is 13.0 Å². The summed E-state index contributed by atoms with van der Waals surface area (Å²) in [4.78, 5) is 31.5. The highest BCUT2D eigenvalue weighted by Gasteiger charge is 2.38. The fourth-order valence-electron chi connectivity index (χ4n) is 4.13. The summed E-state index contributed by atoms with van der Waals surface area (Å²) in [5.74, 6) is 0.481. The number of rotatable bonds is 6. The molecule has 0 radical (unpaired) electrons. The lowest BCUT2D eigenvalue weighted by molar-refractivity contribution is -0.136. The molecule has 2 heterocycles. The zero-order valence-electron chi connectivity index (χ0n) is 17.6. The Kier molecular flexibility index (Phi) is 6.30. The summed E-state index contributed by atoms with van der Waals surface area (Å²) in [5, 5.41) is 0.604. The van der Waals surface area contributed by atoms with Crippen molar-refractivity contribution in [3.63, 3.8) is 0 Å². The topological polar surface area (TPSA) is 53.1 Å². The number of para-hydroxylation sites is 1. The van der Waals surface area contributed by atoms with Crippen molar-refractivity contribution in [3.8, 4) is 5.75 Å². The molecule has 2 aromatic carbocycles. The SMILES string of the molecule is C=C1c2ccccc2C(=O)N1[C@H](C)C(=O)N1CCN(CCOc2ccccc2Cl)CC1. The molecule has 162 valence electrons. The van der Waals surface area contributed by atoms with E-state index in [2.05, 4.69) is 11.5 Å². The molecule has 6 nitrogen and oxygen atoms in total. The Balaban J connectivity index is 1.28. The Labute approximate surface area is 187 Å². The van der Waals surface area contributed by atoms with Gasteiger partial charge in [0.15, 0.2) is 0 Å². The molecule has 0 bridgehead atoms. The lowest BCUT2D eigenvalue weighted by atomic mass is 10.1. The Morgan fingerprint density at radius 3 is 2.39 bits per heavy atom. The third kappa shape index (κ3) is 4.31. The number of hydrogen-bond donors (Lipinski definition) is 0. The van der Waals surface area contributed by atoms with Gasteiger partial charge in [-0.15, -0.1) is 0 Å². The number of carbonyl (C=O) groups excluding carboxylic acids is 2. The van der Waals surface area contributed by atoms with Crippen molar-refractivity contribution >= 4 is 29.1 Å². The molecule has 1 atom stereocenters. The third-order valence-corrected chi connectivity index (χ3v) is 6.22. The van der Waals surface area contributed by atoms with Gasteiger partial charge in [0.1, 0.15) is 18.4 Å². The van der Waals surface area contributed by atoms with Crippen LogP contribution in [0.3, 0.4) is 0 Å². The number of ether oxygens (including phenoxy) is 1. The van der Waals surface area contributed by atoms with Crippen molar-refractivity contribution in [3.05, 3.63) is 71.3 Å². The molecule has 0 spiro atoms. The number of nitrogens with zero attached hydrogens (tertiary/aromatic N) is 3. The van der Waals surface area contributed by atoms with Crippen LogP contribution in [0, 0.1) is 0 Å². The quantitative estimate of drug-likeness (QED) is 0.692. The highest BCUT2D eigenvalue weighted by molar-refractivity contribution is 6.32. The average molecular weight is 440 g/mol. The number of amides is 2. The fourth-order valence-corrected chi connectivity index (χ4v) is 4.32. The van der Waals surface area contributed by atoms with Crippen molar-refractivity contribution in [1.82, 2.24) is 14.7 Å². The number of piperazine rings is 1. The smallest absolute Gasteiger partial charge is 0.259 e. The molecule has 2 amide bonds. The Hall–Kier alpha value is -2.83. The first-order valence-electron chi connectivity index (χ1n) is 10.5. The van der Waals surface area contributed by atoms with E-state index < -0.39 is 6.04 Å². The van der Waals surface area contributed by atoms with E-state index in [1.54, 1.807) is 19.1 Å². The van der Waals surface area contributed by atoms with Crippen LogP contribution in [-0.2, 0) is 4.79 Å². The predicted octanol–water partition coefficient (Wildman–Crippen LogP) is 3.38. The van der Waals surface area contributed by atoms with Gasteiger partial charge >= 0.3 is 0 Å². The molecule has 7 heteroatoms. The van der Waals surface area contributed by atoms with Crippen molar-refractivity contribution in [1.29, 1.82) is 0 Å². The van der Waals surface area contributed by atoms with Gasteiger partial charge in [-0.3, -0.25) is 19.4 Å². The van der Waals surface area contributed by atoms with E-state index >= 15 is 0 Å². The van der Waals surface area contributed by atoms with Crippen LogP contribution in [0.25, 0.3) is 5.70 Å². The van der Waals surface area contributed by atoms with Crippen LogP contribution in [0.4, 0.5) is 0 Å². The van der Waals surface area contributed by atoms with Gasteiger partial charge in [-0.25, -0.2) is 0 Å². The first kappa shape index (κ1) is 21.4. The largest absolute Gasteiger partial charge is 0.491 e. The molecule has 1 saturated heterocycles. The Bertz CT molecular complexity index is 966. The molecule has 0 aliphatic carbocycles.